The van der Waals surface area contributed by atoms with Crippen LogP contribution in [0, 0.1) is 0 Å². The smallest absolute Gasteiger partial charge is 0.409 e. The molecule has 1 atom stereocenters. The van der Waals surface area contributed by atoms with E-state index in [9.17, 15) is 4.79 Å². The van der Waals surface area contributed by atoms with Gasteiger partial charge < -0.3 is 9.64 Å². The number of hydrogen-bond donors (Lipinski definition) is 0. The molecule has 0 saturated carbocycles. The first-order valence-corrected chi connectivity index (χ1v) is 9.31. The van der Waals surface area contributed by atoms with Gasteiger partial charge in [-0.25, -0.2) is 9.78 Å². The van der Waals surface area contributed by atoms with Crippen LogP contribution < -0.4 is 0 Å². The molecule has 0 N–H and O–H groups in total. The molecule has 2 fully saturated rings. The summed E-state index contributed by atoms with van der Waals surface area (Å²) in [5.41, 5.74) is 0. The van der Waals surface area contributed by atoms with Crippen molar-refractivity contribution in [3.05, 3.63) is 12.7 Å². The molecule has 0 bridgehead atoms. The number of carbonyl (C=O) groups excluding carboxylic acids is 1. The van der Waals surface area contributed by atoms with Crippen LogP contribution in [0.3, 0.4) is 0 Å². The van der Waals surface area contributed by atoms with E-state index in [1.54, 1.807) is 12.7 Å². The van der Waals surface area contributed by atoms with Gasteiger partial charge in [0.15, 0.2) is 0 Å². The molecule has 7 nitrogen and oxygen atoms in total. The largest absolute Gasteiger partial charge is 0.448 e. The predicted molar refractivity (Wildman–Crippen MR) is 90.6 cm³/mol. The second kappa shape index (κ2) is 9.01. The topological polar surface area (TPSA) is 63.5 Å². The summed E-state index contributed by atoms with van der Waals surface area (Å²) in [6.07, 6.45) is 11.4. The second-order valence-corrected chi connectivity index (χ2v) is 6.82. The maximum atomic E-state index is 12.3. The third kappa shape index (κ3) is 4.93. The molecule has 0 radical (unpaired) electrons. The Labute approximate surface area is 144 Å². The Kier molecular flexibility index (Phi) is 6.46. The normalized spacial score (nSPS) is 23.0. The van der Waals surface area contributed by atoms with Crippen molar-refractivity contribution in [2.24, 2.45) is 0 Å². The molecule has 3 heterocycles. The molecule has 1 aromatic rings. The number of nitrogens with zero attached hydrogens (tertiary/aromatic N) is 5. The number of rotatable bonds is 5. The third-order valence-electron chi connectivity index (χ3n) is 5.10. The van der Waals surface area contributed by atoms with E-state index in [1.165, 1.54) is 25.7 Å². The molecule has 0 spiro atoms. The fraction of sp³-hybridized carbons (Fsp3) is 0.824. The highest BCUT2D eigenvalue weighted by atomic mass is 16.6. The predicted octanol–water partition coefficient (Wildman–Crippen LogP) is 2.15. The standard InChI is InChI=1S/C17H29N5O2/c23-17(21-9-4-1-2-5-10-21)24-13-16-7-3-6-8-20(16)11-12-22-15-18-14-19-22/h14-16H,1-13H2. The number of carbonyl (C=O) groups is 1. The van der Waals surface area contributed by atoms with Crippen molar-refractivity contribution in [1.82, 2.24) is 24.6 Å². The molecule has 0 aliphatic carbocycles. The highest BCUT2D eigenvalue weighted by molar-refractivity contribution is 5.67. The van der Waals surface area contributed by atoms with Crippen LogP contribution >= 0.6 is 0 Å². The summed E-state index contributed by atoms with van der Waals surface area (Å²) in [5, 5.41) is 4.16. The summed E-state index contributed by atoms with van der Waals surface area (Å²) in [4.78, 5) is 20.6. The van der Waals surface area contributed by atoms with Gasteiger partial charge in [0.05, 0.1) is 6.54 Å². The summed E-state index contributed by atoms with van der Waals surface area (Å²) in [6, 6.07) is 0.332. The Morgan fingerprint density at radius 2 is 1.83 bits per heavy atom. The first-order chi connectivity index (χ1) is 11.8. The van der Waals surface area contributed by atoms with Gasteiger partial charge in [-0.05, 0) is 32.2 Å². The highest BCUT2D eigenvalue weighted by Crippen LogP contribution is 2.18. The summed E-state index contributed by atoms with van der Waals surface area (Å²) >= 11 is 0. The van der Waals surface area contributed by atoms with E-state index in [0.29, 0.717) is 12.6 Å². The van der Waals surface area contributed by atoms with Gasteiger partial charge in [0.25, 0.3) is 0 Å². The van der Waals surface area contributed by atoms with Crippen LogP contribution in [0.5, 0.6) is 0 Å². The number of aromatic nitrogens is 3. The van der Waals surface area contributed by atoms with Crippen molar-refractivity contribution < 1.29 is 9.53 Å². The Morgan fingerprint density at radius 1 is 1.04 bits per heavy atom. The maximum absolute atomic E-state index is 12.3. The van der Waals surface area contributed by atoms with E-state index in [-0.39, 0.29) is 6.09 Å². The zero-order valence-electron chi connectivity index (χ0n) is 14.5. The quantitative estimate of drug-likeness (QED) is 0.825. The zero-order valence-corrected chi connectivity index (χ0v) is 14.5. The number of ether oxygens (including phenoxy) is 1. The van der Waals surface area contributed by atoms with Crippen molar-refractivity contribution in [1.29, 1.82) is 0 Å². The number of piperidine rings is 1. The van der Waals surface area contributed by atoms with Gasteiger partial charge in [-0.2, -0.15) is 5.10 Å². The number of likely N-dealkylation sites (tertiary alicyclic amines) is 2. The molecule has 3 rings (SSSR count). The van der Waals surface area contributed by atoms with E-state index in [4.69, 9.17) is 4.74 Å². The van der Waals surface area contributed by atoms with Crippen molar-refractivity contribution in [2.75, 3.05) is 32.8 Å². The monoisotopic (exact) mass is 335 g/mol. The average molecular weight is 335 g/mol. The minimum Gasteiger partial charge on any atom is -0.448 e. The Bertz CT molecular complexity index is 485. The minimum absolute atomic E-state index is 0.126. The lowest BCUT2D eigenvalue weighted by atomic mass is 10.0. The summed E-state index contributed by atoms with van der Waals surface area (Å²) in [5.74, 6) is 0. The molecular formula is C17H29N5O2. The molecule has 2 saturated heterocycles. The highest BCUT2D eigenvalue weighted by Gasteiger charge is 2.25. The van der Waals surface area contributed by atoms with Crippen molar-refractivity contribution in [2.45, 2.75) is 57.5 Å². The molecule has 2 aliphatic heterocycles. The molecule has 24 heavy (non-hydrogen) atoms. The van der Waals surface area contributed by atoms with E-state index < -0.39 is 0 Å². The van der Waals surface area contributed by atoms with E-state index >= 15 is 0 Å². The van der Waals surface area contributed by atoms with Crippen molar-refractivity contribution >= 4 is 6.09 Å². The number of hydrogen-bond acceptors (Lipinski definition) is 5. The number of amides is 1. The lowest BCUT2D eigenvalue weighted by Gasteiger charge is -2.35. The first-order valence-electron chi connectivity index (χ1n) is 9.31. The summed E-state index contributed by atoms with van der Waals surface area (Å²) in [7, 11) is 0. The van der Waals surface area contributed by atoms with E-state index in [2.05, 4.69) is 15.0 Å². The van der Waals surface area contributed by atoms with Crippen LogP contribution in [0.1, 0.15) is 44.9 Å². The molecule has 1 amide bonds. The third-order valence-corrected chi connectivity index (χ3v) is 5.10. The van der Waals surface area contributed by atoms with E-state index in [0.717, 1.165) is 52.0 Å². The van der Waals surface area contributed by atoms with Gasteiger partial charge >= 0.3 is 6.09 Å². The molecule has 134 valence electrons. The fourth-order valence-corrected chi connectivity index (χ4v) is 3.63. The van der Waals surface area contributed by atoms with Crippen LogP contribution in [0.25, 0.3) is 0 Å². The molecule has 1 aromatic heterocycles. The molecular weight excluding hydrogens is 306 g/mol. The Balaban J connectivity index is 1.45. The van der Waals surface area contributed by atoms with Crippen LogP contribution in [0.15, 0.2) is 12.7 Å². The van der Waals surface area contributed by atoms with Crippen molar-refractivity contribution in [3.8, 4) is 0 Å². The summed E-state index contributed by atoms with van der Waals surface area (Å²) in [6.45, 7) is 5.03. The van der Waals surface area contributed by atoms with Crippen molar-refractivity contribution in [3.63, 3.8) is 0 Å². The lowest BCUT2D eigenvalue weighted by Crippen LogP contribution is -2.45. The Morgan fingerprint density at radius 3 is 2.58 bits per heavy atom. The SMILES string of the molecule is O=C(OCC1CCCCN1CCn1cncn1)N1CCCCCC1. The maximum Gasteiger partial charge on any atom is 0.409 e. The molecule has 2 aliphatic rings. The van der Waals surface area contributed by atoms with Gasteiger partial charge in [-0.1, -0.05) is 19.3 Å². The van der Waals surface area contributed by atoms with Gasteiger partial charge in [0.1, 0.15) is 19.3 Å². The summed E-state index contributed by atoms with van der Waals surface area (Å²) < 4.78 is 7.51. The van der Waals surface area contributed by atoms with Gasteiger partial charge in [0, 0.05) is 25.7 Å². The molecule has 7 heteroatoms. The minimum atomic E-state index is -0.126. The van der Waals surface area contributed by atoms with Crippen LogP contribution in [-0.2, 0) is 11.3 Å². The first kappa shape index (κ1) is 17.2. The van der Waals surface area contributed by atoms with Crippen LogP contribution in [0.4, 0.5) is 4.79 Å². The second-order valence-electron chi connectivity index (χ2n) is 6.82. The van der Waals surface area contributed by atoms with Gasteiger partial charge in [-0.15, -0.1) is 0 Å². The lowest BCUT2D eigenvalue weighted by molar-refractivity contribution is 0.0483. The fourth-order valence-electron chi connectivity index (χ4n) is 3.63. The van der Waals surface area contributed by atoms with Crippen LogP contribution in [-0.4, -0.2) is 69.5 Å². The van der Waals surface area contributed by atoms with Gasteiger partial charge in [-0.3, -0.25) is 9.58 Å². The molecule has 0 aromatic carbocycles. The Hall–Kier alpha value is -1.63. The van der Waals surface area contributed by atoms with E-state index in [1.807, 2.05) is 9.58 Å². The van der Waals surface area contributed by atoms with Gasteiger partial charge in [0.2, 0.25) is 0 Å². The average Bonchev–Trinajstić information content (AvgIpc) is 2.98. The van der Waals surface area contributed by atoms with Crippen LogP contribution in [0.2, 0.25) is 0 Å². The molecule has 1 unspecified atom stereocenters. The zero-order chi connectivity index (χ0) is 16.6.